The van der Waals surface area contributed by atoms with E-state index in [0.717, 1.165) is 32.7 Å². The Balaban J connectivity index is 1.54. The molecule has 6 rings (SSSR count). The average molecular weight is 436 g/mol. The zero-order valence-corrected chi connectivity index (χ0v) is 17.5. The summed E-state index contributed by atoms with van der Waals surface area (Å²) in [5, 5.41) is 2.81. The first-order valence-corrected chi connectivity index (χ1v) is 11.0. The third-order valence-corrected chi connectivity index (χ3v) is 6.55. The van der Waals surface area contributed by atoms with Gasteiger partial charge in [0.05, 0.1) is 34.5 Å². The molecule has 1 N–H and O–H groups in total. The second-order valence-corrected chi connectivity index (χ2v) is 8.46. The fourth-order valence-corrected chi connectivity index (χ4v) is 4.90. The van der Waals surface area contributed by atoms with E-state index < -0.39 is 6.04 Å². The number of imidazole rings is 1. The van der Waals surface area contributed by atoms with Crippen LogP contribution in [-0.2, 0) is 0 Å². The molecule has 0 spiro atoms. The van der Waals surface area contributed by atoms with Gasteiger partial charge in [0.2, 0.25) is 0 Å². The Bertz CT molecular complexity index is 1450. The topological polar surface area (TPSA) is 79.0 Å². The number of amides is 2. The molecule has 0 radical (unpaired) electrons. The van der Waals surface area contributed by atoms with Gasteiger partial charge in [-0.3, -0.25) is 14.5 Å². The summed E-state index contributed by atoms with van der Waals surface area (Å²) in [4.78, 5) is 40.0. The second kappa shape index (κ2) is 7.25. The minimum atomic E-state index is -0.594. The van der Waals surface area contributed by atoms with Crippen LogP contribution in [0.1, 0.15) is 37.9 Å². The molecule has 32 heavy (non-hydrogen) atoms. The fraction of sp³-hybridized carbons (Fsp3) is 0.0400. The Morgan fingerprint density at radius 2 is 1.62 bits per heavy atom. The number of H-pyrrole nitrogens is 1. The van der Waals surface area contributed by atoms with Crippen LogP contribution in [0.4, 0.5) is 0 Å². The molecule has 5 aromatic rings. The average Bonchev–Trinajstić information content (AvgIpc) is 3.57. The molecule has 1 unspecified atom stereocenters. The van der Waals surface area contributed by atoms with E-state index in [2.05, 4.69) is 15.0 Å². The second-order valence-electron chi connectivity index (χ2n) is 7.57. The van der Waals surface area contributed by atoms with Crippen molar-refractivity contribution in [3.63, 3.8) is 0 Å². The van der Waals surface area contributed by atoms with E-state index in [4.69, 9.17) is 0 Å². The normalized spacial score (nSPS) is 14.2. The van der Waals surface area contributed by atoms with Crippen LogP contribution < -0.4 is 0 Å². The molecule has 0 aliphatic carbocycles. The summed E-state index contributed by atoms with van der Waals surface area (Å²) in [6.45, 7) is 0. The van der Waals surface area contributed by atoms with Crippen LogP contribution in [0.15, 0.2) is 84.6 Å². The molecule has 2 amide bonds. The lowest BCUT2D eigenvalue weighted by molar-refractivity contribution is 0.0608. The number of nitrogens with zero attached hydrogens (tertiary/aromatic N) is 3. The van der Waals surface area contributed by atoms with Crippen molar-refractivity contribution in [1.82, 2.24) is 19.9 Å². The number of hydrogen-bond donors (Lipinski definition) is 1. The Kier molecular flexibility index (Phi) is 4.22. The molecule has 2 aromatic heterocycles. The smallest absolute Gasteiger partial charge is 0.262 e. The van der Waals surface area contributed by atoms with E-state index in [1.165, 1.54) is 4.90 Å². The van der Waals surface area contributed by atoms with Crippen molar-refractivity contribution < 1.29 is 9.59 Å². The highest BCUT2D eigenvalue weighted by Crippen LogP contribution is 2.38. The van der Waals surface area contributed by atoms with Gasteiger partial charge in [0.1, 0.15) is 5.01 Å². The molecule has 7 heteroatoms. The highest BCUT2D eigenvalue weighted by molar-refractivity contribution is 7.13. The Labute approximate surface area is 187 Å². The highest BCUT2D eigenvalue weighted by Gasteiger charge is 2.41. The zero-order valence-electron chi connectivity index (χ0n) is 16.7. The number of carbonyl (C=O) groups excluding carboxylic acids is 2. The van der Waals surface area contributed by atoms with Crippen molar-refractivity contribution in [3.8, 4) is 10.6 Å². The number of thiazole rings is 1. The summed E-state index contributed by atoms with van der Waals surface area (Å²) in [6, 6.07) is 20.0. The summed E-state index contributed by atoms with van der Waals surface area (Å²) in [5.74, 6) is -0.588. The van der Waals surface area contributed by atoms with E-state index in [9.17, 15) is 9.59 Å². The van der Waals surface area contributed by atoms with Crippen molar-refractivity contribution >= 4 is 34.2 Å². The van der Waals surface area contributed by atoms with Gasteiger partial charge in [-0.2, -0.15) is 0 Å². The largest absolute Gasteiger partial charge is 0.345 e. The molecule has 1 aliphatic heterocycles. The Morgan fingerprint density at radius 1 is 0.844 bits per heavy atom. The third kappa shape index (κ3) is 2.86. The minimum absolute atomic E-state index is 0.294. The van der Waals surface area contributed by atoms with Gasteiger partial charge < -0.3 is 4.98 Å². The maximum atomic E-state index is 13.4. The van der Waals surface area contributed by atoms with E-state index in [1.54, 1.807) is 48.1 Å². The molecular weight excluding hydrogens is 420 g/mol. The molecule has 0 bridgehead atoms. The molecule has 6 nitrogen and oxygen atoms in total. The van der Waals surface area contributed by atoms with E-state index in [1.807, 2.05) is 47.8 Å². The molecule has 1 aliphatic rings. The summed E-state index contributed by atoms with van der Waals surface area (Å²) >= 11 is 1.55. The van der Waals surface area contributed by atoms with Gasteiger partial charge in [0.15, 0.2) is 0 Å². The number of aromatic amines is 1. The third-order valence-electron chi connectivity index (χ3n) is 5.73. The van der Waals surface area contributed by atoms with Crippen molar-refractivity contribution in [2.45, 2.75) is 6.04 Å². The van der Waals surface area contributed by atoms with Crippen LogP contribution in [0.2, 0.25) is 0 Å². The number of hydrogen-bond acceptors (Lipinski definition) is 5. The number of carbonyl (C=O) groups is 2. The first-order valence-electron chi connectivity index (χ1n) is 10.1. The van der Waals surface area contributed by atoms with Crippen LogP contribution in [0.25, 0.3) is 21.6 Å². The van der Waals surface area contributed by atoms with E-state index in [-0.39, 0.29) is 11.8 Å². The van der Waals surface area contributed by atoms with Crippen molar-refractivity contribution in [2.24, 2.45) is 0 Å². The molecule has 3 aromatic carbocycles. The fourth-order valence-electron chi connectivity index (χ4n) is 4.26. The highest BCUT2D eigenvalue weighted by atomic mass is 32.1. The van der Waals surface area contributed by atoms with Crippen molar-refractivity contribution in [2.75, 3.05) is 0 Å². The number of imide groups is 1. The first kappa shape index (κ1) is 18.7. The SMILES string of the molecule is O=C1c2ccccc2C(=O)N1C(c1cccc(-c2nccs2)c1)c1ccc2[nH]cnc2c1. The first-order chi connectivity index (χ1) is 15.7. The predicted molar refractivity (Wildman–Crippen MR) is 122 cm³/mol. The summed E-state index contributed by atoms with van der Waals surface area (Å²) < 4.78 is 0. The van der Waals surface area contributed by atoms with Gasteiger partial charge in [-0.05, 0) is 41.5 Å². The van der Waals surface area contributed by atoms with Crippen LogP contribution in [0, 0.1) is 0 Å². The van der Waals surface area contributed by atoms with Gasteiger partial charge in [-0.15, -0.1) is 11.3 Å². The molecule has 1 atom stereocenters. The Hall–Kier alpha value is -4.10. The van der Waals surface area contributed by atoms with Gasteiger partial charge in [-0.25, -0.2) is 9.97 Å². The van der Waals surface area contributed by atoms with Gasteiger partial charge in [0, 0.05) is 17.1 Å². The molecule has 0 fully saturated rings. The number of nitrogens with one attached hydrogen (secondary N) is 1. The summed E-state index contributed by atoms with van der Waals surface area (Å²) in [6.07, 6.45) is 3.40. The maximum Gasteiger partial charge on any atom is 0.262 e. The van der Waals surface area contributed by atoms with Crippen molar-refractivity contribution in [1.29, 1.82) is 0 Å². The molecule has 0 saturated carbocycles. The number of benzene rings is 3. The van der Waals surface area contributed by atoms with Crippen molar-refractivity contribution in [3.05, 3.63) is 107 Å². The molecule has 0 saturated heterocycles. The van der Waals surface area contributed by atoms with Crippen LogP contribution in [0.5, 0.6) is 0 Å². The lowest BCUT2D eigenvalue weighted by Gasteiger charge is -2.27. The van der Waals surface area contributed by atoms with Crippen LogP contribution in [0.3, 0.4) is 0 Å². The van der Waals surface area contributed by atoms with Crippen LogP contribution in [-0.4, -0.2) is 31.7 Å². The molecule has 154 valence electrons. The predicted octanol–water partition coefficient (Wildman–Crippen LogP) is 5.07. The lowest BCUT2D eigenvalue weighted by Crippen LogP contribution is -2.34. The lowest BCUT2D eigenvalue weighted by atomic mass is 9.95. The van der Waals surface area contributed by atoms with E-state index in [0.29, 0.717) is 11.1 Å². The number of rotatable bonds is 4. The zero-order chi connectivity index (χ0) is 21.7. The van der Waals surface area contributed by atoms with Gasteiger partial charge in [-0.1, -0.05) is 36.4 Å². The standard InChI is InChI=1S/C25H16N4O2S/c30-24-18-6-1-2-7-19(18)25(31)29(24)22(16-8-9-20-21(13-16)28-14-27-20)15-4-3-5-17(12-15)23-26-10-11-32-23/h1-14,22H,(H,27,28). The van der Waals surface area contributed by atoms with E-state index >= 15 is 0 Å². The van der Waals surface area contributed by atoms with Crippen LogP contribution >= 0.6 is 11.3 Å². The van der Waals surface area contributed by atoms with Gasteiger partial charge in [0.25, 0.3) is 11.8 Å². The number of aromatic nitrogens is 3. The monoisotopic (exact) mass is 436 g/mol. The molecule has 3 heterocycles. The summed E-state index contributed by atoms with van der Waals surface area (Å²) in [7, 11) is 0. The quantitative estimate of drug-likeness (QED) is 0.399. The minimum Gasteiger partial charge on any atom is -0.345 e. The Morgan fingerprint density at radius 3 is 2.38 bits per heavy atom. The van der Waals surface area contributed by atoms with Gasteiger partial charge >= 0.3 is 0 Å². The molecular formula is C25H16N4O2S. The summed E-state index contributed by atoms with van der Waals surface area (Å²) in [5.41, 5.74) is 5.13. The maximum absolute atomic E-state index is 13.4. The number of fused-ring (bicyclic) bond motifs is 2.